The summed E-state index contributed by atoms with van der Waals surface area (Å²) in [7, 11) is 0. The molecule has 1 aromatic carbocycles. The molecular weight excluding hydrogens is 442 g/mol. The molecular formula is C17H12F6N2O2S2. The normalized spacial score (nSPS) is 25.3. The molecule has 0 unspecified atom stereocenters. The molecule has 1 aliphatic rings. The molecule has 2 aromatic rings. The highest BCUT2D eigenvalue weighted by atomic mass is 32.1. The Morgan fingerprint density at radius 1 is 1.10 bits per heavy atom. The predicted octanol–water partition coefficient (Wildman–Crippen LogP) is 4.04. The maximum Gasteiger partial charge on any atom is 0.437 e. The van der Waals surface area contributed by atoms with Crippen molar-refractivity contribution in [3.8, 4) is 0 Å². The van der Waals surface area contributed by atoms with Crippen molar-refractivity contribution in [3.05, 3.63) is 57.8 Å². The second-order valence-electron chi connectivity index (χ2n) is 6.24. The van der Waals surface area contributed by atoms with Crippen molar-refractivity contribution in [3.63, 3.8) is 0 Å². The summed E-state index contributed by atoms with van der Waals surface area (Å²) < 4.78 is 81.9. The molecule has 1 aliphatic heterocycles. The number of hydrogen-bond acceptors (Lipinski definition) is 4. The van der Waals surface area contributed by atoms with Crippen LogP contribution in [0.2, 0.25) is 0 Å². The molecule has 29 heavy (non-hydrogen) atoms. The highest BCUT2D eigenvalue weighted by Crippen LogP contribution is 2.46. The van der Waals surface area contributed by atoms with E-state index in [1.54, 1.807) is 5.32 Å². The maximum atomic E-state index is 13.8. The van der Waals surface area contributed by atoms with E-state index in [0.29, 0.717) is 6.07 Å². The van der Waals surface area contributed by atoms with Gasteiger partial charge in [-0.25, -0.2) is 0 Å². The van der Waals surface area contributed by atoms with E-state index in [-0.39, 0.29) is 4.88 Å². The largest absolute Gasteiger partial charge is 0.437 e. The van der Waals surface area contributed by atoms with Crippen LogP contribution < -0.4 is 10.6 Å². The van der Waals surface area contributed by atoms with E-state index >= 15 is 0 Å². The molecule has 0 radical (unpaired) electrons. The van der Waals surface area contributed by atoms with Gasteiger partial charge in [0.1, 0.15) is 5.92 Å². The number of benzene rings is 1. The van der Waals surface area contributed by atoms with E-state index in [1.807, 2.05) is 0 Å². The molecule has 3 N–H and O–H groups in total. The molecule has 0 bridgehead atoms. The summed E-state index contributed by atoms with van der Waals surface area (Å²) in [6.07, 6.45) is -10.3. The first-order valence-electron chi connectivity index (χ1n) is 7.98. The van der Waals surface area contributed by atoms with Gasteiger partial charge < -0.3 is 15.7 Å². The highest BCUT2D eigenvalue weighted by Gasteiger charge is 2.66. The summed E-state index contributed by atoms with van der Waals surface area (Å²) in [5.74, 6) is -3.55. The number of halogens is 6. The monoisotopic (exact) mass is 454 g/mol. The number of rotatable bonds is 3. The van der Waals surface area contributed by atoms with Crippen molar-refractivity contribution < 1.29 is 36.2 Å². The molecule has 12 heteroatoms. The lowest BCUT2D eigenvalue weighted by molar-refractivity contribution is -0.285. The maximum absolute atomic E-state index is 13.8. The van der Waals surface area contributed by atoms with Crippen molar-refractivity contribution in [2.24, 2.45) is 5.92 Å². The van der Waals surface area contributed by atoms with Gasteiger partial charge in [0, 0.05) is 0 Å². The van der Waals surface area contributed by atoms with E-state index < -0.39 is 52.1 Å². The fourth-order valence-electron chi connectivity index (χ4n) is 3.20. The molecule has 4 nitrogen and oxygen atoms in total. The first-order chi connectivity index (χ1) is 13.4. The molecule has 3 atom stereocenters. The Balaban J connectivity index is 2.24. The Morgan fingerprint density at radius 2 is 1.76 bits per heavy atom. The van der Waals surface area contributed by atoms with E-state index in [1.165, 1.54) is 23.6 Å². The van der Waals surface area contributed by atoms with Gasteiger partial charge in [-0.05, 0) is 35.3 Å². The molecule has 1 aromatic heterocycles. The van der Waals surface area contributed by atoms with Gasteiger partial charge in [-0.2, -0.15) is 26.3 Å². The van der Waals surface area contributed by atoms with Crippen molar-refractivity contribution in [2.45, 2.75) is 24.1 Å². The Morgan fingerprint density at radius 3 is 2.31 bits per heavy atom. The summed E-state index contributed by atoms with van der Waals surface area (Å²) in [5.41, 5.74) is -5.75. The third-order valence-electron chi connectivity index (χ3n) is 4.45. The summed E-state index contributed by atoms with van der Waals surface area (Å²) in [5, 5.41) is 15.1. The first kappa shape index (κ1) is 21.5. The van der Waals surface area contributed by atoms with E-state index in [2.05, 4.69) is 5.32 Å². The minimum Gasteiger partial charge on any atom is -0.363 e. The standard InChI is InChI=1S/C17H12F6N2O2S2/c18-16(19,20)9-5-2-1-4-8(9)12-11(13(26)10-6-3-7-29-10)15(27,17(21,22)23)25-14(28)24-12/h1-7,11-12,27H,(H2,24,25,28)/t11-,12+,15-/m0/s1. The summed E-state index contributed by atoms with van der Waals surface area (Å²) in [4.78, 5) is 12.8. The zero-order chi connectivity index (χ0) is 21.6. The van der Waals surface area contributed by atoms with Crippen LogP contribution in [0.15, 0.2) is 41.8 Å². The minimum atomic E-state index is -5.41. The Hall–Kier alpha value is -2.18. The Kier molecular flexibility index (Phi) is 5.39. The van der Waals surface area contributed by atoms with Gasteiger partial charge in [-0.1, -0.05) is 24.3 Å². The number of ketones is 1. The number of nitrogens with one attached hydrogen (secondary N) is 2. The lowest BCUT2D eigenvalue weighted by Crippen LogP contribution is -2.72. The average Bonchev–Trinajstić information content (AvgIpc) is 3.13. The molecule has 0 spiro atoms. The Bertz CT molecular complexity index is 929. The van der Waals surface area contributed by atoms with Crippen molar-refractivity contribution in [1.82, 2.24) is 10.6 Å². The van der Waals surface area contributed by atoms with Crippen LogP contribution in [-0.4, -0.2) is 27.9 Å². The van der Waals surface area contributed by atoms with Crippen LogP contribution in [0.5, 0.6) is 0 Å². The first-order valence-corrected chi connectivity index (χ1v) is 9.26. The molecule has 1 saturated heterocycles. The average molecular weight is 454 g/mol. The van der Waals surface area contributed by atoms with Crippen molar-refractivity contribution >= 4 is 34.5 Å². The van der Waals surface area contributed by atoms with Crippen molar-refractivity contribution in [1.29, 1.82) is 0 Å². The topological polar surface area (TPSA) is 61.4 Å². The van der Waals surface area contributed by atoms with Gasteiger partial charge >= 0.3 is 12.4 Å². The third kappa shape index (κ3) is 3.83. The van der Waals surface area contributed by atoms with Gasteiger partial charge in [0.15, 0.2) is 10.9 Å². The SMILES string of the molecule is O=C(c1cccs1)[C@@H]1[C@@H](c2ccccc2C(F)(F)F)NC(=S)N[C@@]1(O)C(F)(F)F. The molecule has 0 saturated carbocycles. The van der Waals surface area contributed by atoms with Gasteiger partial charge in [-0.3, -0.25) is 4.79 Å². The Labute approximate surface area is 169 Å². The van der Waals surface area contributed by atoms with Gasteiger partial charge in [0.25, 0.3) is 0 Å². The summed E-state index contributed by atoms with van der Waals surface area (Å²) in [6, 6.07) is 4.62. The number of hydrogen-bond donors (Lipinski definition) is 3. The number of carbonyl (C=O) groups is 1. The summed E-state index contributed by atoms with van der Waals surface area (Å²) >= 11 is 5.51. The van der Waals surface area contributed by atoms with E-state index in [0.717, 1.165) is 23.5 Å². The number of aliphatic hydroxyl groups is 1. The van der Waals surface area contributed by atoms with Gasteiger partial charge in [0.05, 0.1) is 16.5 Å². The number of thiocarbonyl (C=S) groups is 1. The molecule has 2 heterocycles. The fraction of sp³-hybridized carbons (Fsp3) is 0.294. The van der Waals surface area contributed by atoms with Crippen LogP contribution >= 0.6 is 23.6 Å². The molecule has 0 aliphatic carbocycles. The van der Waals surface area contributed by atoms with Crippen molar-refractivity contribution in [2.75, 3.05) is 0 Å². The molecule has 1 fully saturated rings. The van der Waals surface area contributed by atoms with Crippen LogP contribution in [0.25, 0.3) is 0 Å². The lowest BCUT2D eigenvalue weighted by atomic mass is 9.77. The zero-order valence-corrected chi connectivity index (χ0v) is 15.8. The van der Waals surface area contributed by atoms with E-state index in [4.69, 9.17) is 12.2 Å². The van der Waals surface area contributed by atoms with Crippen LogP contribution in [0.4, 0.5) is 26.3 Å². The van der Waals surface area contributed by atoms with Gasteiger partial charge in [0.2, 0.25) is 5.72 Å². The number of alkyl halides is 6. The van der Waals surface area contributed by atoms with E-state index in [9.17, 15) is 36.2 Å². The zero-order valence-electron chi connectivity index (χ0n) is 14.1. The van der Waals surface area contributed by atoms with Crippen LogP contribution in [0.3, 0.4) is 0 Å². The molecule has 0 amide bonds. The fourth-order valence-corrected chi connectivity index (χ4v) is 4.18. The van der Waals surface area contributed by atoms with Crippen LogP contribution in [0.1, 0.15) is 26.8 Å². The number of thiophene rings is 1. The van der Waals surface area contributed by atoms with Gasteiger partial charge in [-0.15, -0.1) is 11.3 Å². The van der Waals surface area contributed by atoms with Crippen LogP contribution in [0, 0.1) is 5.92 Å². The smallest absolute Gasteiger partial charge is 0.363 e. The number of Topliss-reactive ketones (excluding diaryl/α,β-unsaturated/α-hetero) is 1. The van der Waals surface area contributed by atoms with Crippen LogP contribution in [-0.2, 0) is 6.18 Å². The number of carbonyl (C=O) groups excluding carboxylic acids is 1. The minimum absolute atomic E-state index is 0.149. The molecule has 3 rings (SSSR count). The third-order valence-corrected chi connectivity index (χ3v) is 5.56. The second-order valence-corrected chi connectivity index (χ2v) is 7.60. The summed E-state index contributed by atoms with van der Waals surface area (Å²) in [6.45, 7) is 0. The second kappa shape index (κ2) is 7.26. The highest BCUT2D eigenvalue weighted by molar-refractivity contribution is 7.80. The predicted molar refractivity (Wildman–Crippen MR) is 96.2 cm³/mol. The quantitative estimate of drug-likeness (QED) is 0.371. The lowest BCUT2D eigenvalue weighted by Gasteiger charge is -2.46. The molecule has 156 valence electrons.